The van der Waals surface area contributed by atoms with E-state index < -0.39 is 6.10 Å². The van der Waals surface area contributed by atoms with Crippen LogP contribution in [-0.2, 0) is 16.1 Å². The van der Waals surface area contributed by atoms with Crippen molar-refractivity contribution < 1.29 is 19.1 Å². The molecule has 1 aliphatic rings. The number of oxime groups is 1. The topological polar surface area (TPSA) is 54.3 Å². The summed E-state index contributed by atoms with van der Waals surface area (Å²) in [5, 5.41) is 15.7. The van der Waals surface area contributed by atoms with Gasteiger partial charge in [-0.1, -0.05) is 46.6 Å². The van der Waals surface area contributed by atoms with Crippen LogP contribution in [0.5, 0.6) is 0 Å². The molecule has 0 bridgehead atoms. The zero-order valence-electron chi connectivity index (χ0n) is 18.5. The van der Waals surface area contributed by atoms with Crippen molar-refractivity contribution in [2.24, 2.45) is 5.16 Å². The Morgan fingerprint density at radius 1 is 1.19 bits per heavy atom. The zero-order chi connectivity index (χ0) is 23.3. The van der Waals surface area contributed by atoms with E-state index in [1.807, 2.05) is 26.8 Å². The lowest BCUT2D eigenvalue weighted by Gasteiger charge is -2.28. The number of aliphatic hydroxyl groups is 1. The molecule has 0 aliphatic carbocycles. The molecule has 0 radical (unpaired) electrons. The second-order valence-corrected chi connectivity index (χ2v) is 9.81. The molecule has 0 fully saturated rings. The molecule has 0 amide bonds. The first kappa shape index (κ1) is 24.9. The molecular weight excluding hydrogens is 454 g/mol. The van der Waals surface area contributed by atoms with E-state index in [0.717, 1.165) is 16.8 Å². The maximum atomic E-state index is 13.3. The lowest BCUT2D eigenvalue weighted by Crippen LogP contribution is -2.40. The van der Waals surface area contributed by atoms with Crippen LogP contribution in [0.3, 0.4) is 0 Å². The average molecular weight is 483 g/mol. The van der Waals surface area contributed by atoms with Gasteiger partial charge in [-0.05, 0) is 50.6 Å². The van der Waals surface area contributed by atoms with Gasteiger partial charge in [0.1, 0.15) is 11.9 Å². The number of ether oxygens (including phenoxy) is 1. The third-order valence-electron chi connectivity index (χ3n) is 4.94. The van der Waals surface area contributed by atoms with Crippen molar-refractivity contribution in [2.45, 2.75) is 51.5 Å². The Bertz CT molecular complexity index is 932. The summed E-state index contributed by atoms with van der Waals surface area (Å²) in [7, 11) is 0. The number of rotatable bonds is 9. The predicted octanol–water partition coefficient (Wildman–Crippen LogP) is 5.30. The molecule has 2 aromatic rings. The van der Waals surface area contributed by atoms with Crippen LogP contribution in [0.2, 0.25) is 10.0 Å². The summed E-state index contributed by atoms with van der Waals surface area (Å²) in [4.78, 5) is 7.74. The molecule has 32 heavy (non-hydrogen) atoms. The fourth-order valence-electron chi connectivity index (χ4n) is 3.41. The van der Waals surface area contributed by atoms with E-state index in [0.29, 0.717) is 36.1 Å². The number of nitrogens with zero attached hydrogens (tertiary/aromatic N) is 2. The number of hydrogen-bond donors (Lipinski definition) is 1. The van der Waals surface area contributed by atoms with Gasteiger partial charge in [0.15, 0.2) is 0 Å². The highest BCUT2D eigenvalue weighted by molar-refractivity contribution is 6.42. The molecule has 174 valence electrons. The summed E-state index contributed by atoms with van der Waals surface area (Å²) in [6.07, 6.45) is -0.255. The smallest absolute Gasteiger partial charge is 0.145 e. The van der Waals surface area contributed by atoms with Crippen molar-refractivity contribution in [3.63, 3.8) is 0 Å². The van der Waals surface area contributed by atoms with Crippen molar-refractivity contribution >= 4 is 28.9 Å². The third kappa shape index (κ3) is 7.71. The van der Waals surface area contributed by atoms with E-state index in [4.69, 9.17) is 32.8 Å². The largest absolute Gasteiger partial charge is 0.390 e. The summed E-state index contributed by atoms with van der Waals surface area (Å²) >= 11 is 12.1. The van der Waals surface area contributed by atoms with E-state index in [1.54, 1.807) is 24.3 Å². The first-order valence-corrected chi connectivity index (χ1v) is 11.3. The second-order valence-electron chi connectivity index (χ2n) is 9.00. The summed E-state index contributed by atoms with van der Waals surface area (Å²) < 4.78 is 19.0. The van der Waals surface area contributed by atoms with Crippen molar-refractivity contribution in [1.29, 1.82) is 0 Å². The third-order valence-corrected chi connectivity index (χ3v) is 5.68. The van der Waals surface area contributed by atoms with Crippen LogP contribution >= 0.6 is 23.2 Å². The van der Waals surface area contributed by atoms with Gasteiger partial charge in [-0.2, -0.15) is 0 Å². The Kier molecular flexibility index (Phi) is 8.53. The predicted molar refractivity (Wildman–Crippen MR) is 126 cm³/mol. The quantitative estimate of drug-likeness (QED) is 0.526. The Labute approximate surface area is 198 Å². The zero-order valence-corrected chi connectivity index (χ0v) is 20.0. The first-order valence-electron chi connectivity index (χ1n) is 10.6. The number of benzene rings is 2. The average Bonchev–Trinajstić information content (AvgIpc) is 3.18. The van der Waals surface area contributed by atoms with E-state index >= 15 is 0 Å². The molecule has 0 saturated carbocycles. The van der Waals surface area contributed by atoms with Crippen LogP contribution in [0.1, 0.15) is 38.3 Å². The first-order chi connectivity index (χ1) is 15.1. The Morgan fingerprint density at radius 2 is 1.91 bits per heavy atom. The summed E-state index contributed by atoms with van der Waals surface area (Å²) in [6.45, 7) is 7.53. The molecule has 5 nitrogen and oxygen atoms in total. The minimum atomic E-state index is -0.675. The molecule has 2 aromatic carbocycles. The summed E-state index contributed by atoms with van der Waals surface area (Å²) in [5.41, 5.74) is 2.27. The van der Waals surface area contributed by atoms with Crippen LogP contribution in [0, 0.1) is 5.82 Å². The van der Waals surface area contributed by atoms with Gasteiger partial charge >= 0.3 is 0 Å². The minimum absolute atomic E-state index is 0.185. The molecule has 0 aromatic heterocycles. The molecule has 1 aliphatic heterocycles. The number of hydrogen-bond acceptors (Lipinski definition) is 5. The highest BCUT2D eigenvalue weighted by Gasteiger charge is 2.26. The molecule has 1 N–H and O–H groups in total. The van der Waals surface area contributed by atoms with Crippen molar-refractivity contribution in [1.82, 2.24) is 4.90 Å². The minimum Gasteiger partial charge on any atom is -0.390 e. The second kappa shape index (κ2) is 10.9. The Morgan fingerprint density at radius 3 is 2.56 bits per heavy atom. The van der Waals surface area contributed by atoms with Gasteiger partial charge in [-0.3, -0.25) is 4.90 Å². The molecule has 0 spiro atoms. The van der Waals surface area contributed by atoms with Crippen LogP contribution in [0.15, 0.2) is 47.6 Å². The molecular formula is C24H29Cl2FN2O3. The van der Waals surface area contributed by atoms with Gasteiger partial charge in [0.2, 0.25) is 0 Å². The fraction of sp³-hybridized carbons (Fsp3) is 0.458. The standard InChI is InChI=1S/C24H29Cl2FN2O3/c1-24(2,3)31-15-19(30)13-29(12-16-4-7-18(27)8-5-16)14-20-11-23(28-32-20)17-6-9-21(25)22(26)10-17/h4-10,19-20,30H,11-15H2,1-3H3. The normalized spacial score (nSPS) is 17.4. The van der Waals surface area contributed by atoms with Crippen molar-refractivity contribution in [3.05, 3.63) is 69.5 Å². The van der Waals surface area contributed by atoms with Gasteiger partial charge < -0.3 is 14.7 Å². The molecule has 8 heteroatoms. The van der Waals surface area contributed by atoms with Crippen molar-refractivity contribution in [3.8, 4) is 0 Å². The van der Waals surface area contributed by atoms with Crippen LogP contribution in [-0.4, -0.2) is 53.2 Å². The highest BCUT2D eigenvalue weighted by atomic mass is 35.5. The number of halogens is 3. The van der Waals surface area contributed by atoms with E-state index in [1.165, 1.54) is 12.1 Å². The summed E-state index contributed by atoms with van der Waals surface area (Å²) in [6, 6.07) is 11.7. The fourth-order valence-corrected chi connectivity index (χ4v) is 3.71. The molecule has 2 atom stereocenters. The van der Waals surface area contributed by atoms with Gasteiger partial charge in [0.25, 0.3) is 0 Å². The maximum absolute atomic E-state index is 13.3. The lowest BCUT2D eigenvalue weighted by molar-refractivity contribution is -0.0600. The van der Waals surface area contributed by atoms with Gasteiger partial charge in [-0.25, -0.2) is 4.39 Å². The van der Waals surface area contributed by atoms with Gasteiger partial charge in [-0.15, -0.1) is 0 Å². The van der Waals surface area contributed by atoms with E-state index in [-0.39, 0.29) is 24.1 Å². The molecule has 2 unspecified atom stereocenters. The molecule has 1 heterocycles. The maximum Gasteiger partial charge on any atom is 0.145 e. The Balaban J connectivity index is 1.63. The SMILES string of the molecule is CC(C)(C)OCC(O)CN(Cc1ccc(F)cc1)CC1CC(c2ccc(Cl)c(Cl)c2)=NO1. The summed E-state index contributed by atoms with van der Waals surface area (Å²) in [5.74, 6) is -0.280. The van der Waals surface area contributed by atoms with Crippen LogP contribution < -0.4 is 0 Å². The van der Waals surface area contributed by atoms with Crippen LogP contribution in [0.25, 0.3) is 0 Å². The van der Waals surface area contributed by atoms with Crippen LogP contribution in [0.4, 0.5) is 4.39 Å². The van der Waals surface area contributed by atoms with Gasteiger partial charge in [0, 0.05) is 31.6 Å². The van der Waals surface area contributed by atoms with Gasteiger partial charge in [0.05, 0.1) is 34.1 Å². The van der Waals surface area contributed by atoms with E-state index in [9.17, 15) is 9.50 Å². The molecule has 3 rings (SSSR count). The lowest BCUT2D eigenvalue weighted by atomic mass is 10.0. The molecule has 0 saturated heterocycles. The monoisotopic (exact) mass is 482 g/mol. The van der Waals surface area contributed by atoms with Crippen molar-refractivity contribution in [2.75, 3.05) is 19.7 Å². The number of aliphatic hydroxyl groups excluding tert-OH is 1. The Hall–Kier alpha value is -1.70. The van der Waals surface area contributed by atoms with E-state index in [2.05, 4.69) is 10.1 Å². The highest BCUT2D eigenvalue weighted by Crippen LogP contribution is 2.26.